The number of nitrogens with one attached hydrogen (secondary N) is 1. The Morgan fingerprint density at radius 3 is 2.65 bits per heavy atom. The third-order valence-electron chi connectivity index (χ3n) is 2.42. The second-order valence-electron chi connectivity index (χ2n) is 5.60. The van der Waals surface area contributed by atoms with Crippen LogP contribution in [-0.2, 0) is 0 Å². The maximum absolute atomic E-state index is 11.9. The third kappa shape index (κ3) is 6.46. The number of nitrogens with zero attached hydrogens (tertiary/aromatic N) is 2. The molecule has 0 spiro atoms. The molecule has 0 aromatic heterocycles. The van der Waals surface area contributed by atoms with E-state index < -0.39 is 0 Å². The van der Waals surface area contributed by atoms with Crippen LogP contribution in [0.2, 0.25) is 5.02 Å². The van der Waals surface area contributed by atoms with Gasteiger partial charge in [0, 0.05) is 17.8 Å². The number of hydrogen-bond donors (Lipinski definition) is 1. The van der Waals surface area contributed by atoms with Gasteiger partial charge in [0.25, 0.3) is 0 Å². The molecule has 4 nitrogen and oxygen atoms in total. The molecule has 0 aliphatic carbocycles. The number of rotatable bonds is 3. The molecule has 0 saturated carbocycles. The number of quaternary nitrogens is 1. The van der Waals surface area contributed by atoms with E-state index in [0.29, 0.717) is 17.3 Å². The van der Waals surface area contributed by atoms with Gasteiger partial charge in [-0.15, -0.1) is 0 Å². The van der Waals surface area contributed by atoms with Crippen molar-refractivity contribution in [3.8, 4) is 11.8 Å². The summed E-state index contributed by atoms with van der Waals surface area (Å²) in [4.78, 5) is 13.4. The summed E-state index contributed by atoms with van der Waals surface area (Å²) < 4.78 is 0.783. The Morgan fingerprint density at radius 1 is 1.35 bits per heavy atom. The number of hydrogen-bond acceptors (Lipinski definition) is 1. The van der Waals surface area contributed by atoms with Crippen LogP contribution >= 0.6 is 11.6 Å². The van der Waals surface area contributed by atoms with Gasteiger partial charge in [-0.3, -0.25) is 0 Å². The summed E-state index contributed by atoms with van der Waals surface area (Å²) in [5.41, 5.74) is 0.675. The van der Waals surface area contributed by atoms with Gasteiger partial charge < -0.3 is 14.7 Å². The highest BCUT2D eigenvalue weighted by atomic mass is 35.5. The lowest BCUT2D eigenvalue weighted by Crippen LogP contribution is -2.35. The third-order valence-corrected chi connectivity index (χ3v) is 2.65. The van der Waals surface area contributed by atoms with Crippen molar-refractivity contribution in [2.24, 2.45) is 0 Å². The Labute approximate surface area is 125 Å². The number of carbonyl (C=O) groups is 1. The molecule has 0 unspecified atom stereocenters. The van der Waals surface area contributed by atoms with E-state index in [9.17, 15) is 4.79 Å². The van der Waals surface area contributed by atoms with E-state index >= 15 is 0 Å². The minimum absolute atomic E-state index is 0.202. The van der Waals surface area contributed by atoms with Crippen LogP contribution < -0.4 is 5.32 Å². The maximum Gasteiger partial charge on any atom is 0.322 e. The fraction of sp³-hybridized carbons (Fsp3) is 0.400. The van der Waals surface area contributed by atoms with Gasteiger partial charge in [0.15, 0.2) is 0 Å². The van der Waals surface area contributed by atoms with E-state index in [0.717, 1.165) is 11.0 Å². The van der Waals surface area contributed by atoms with Gasteiger partial charge in [-0.2, -0.15) is 0 Å². The number of anilines is 1. The van der Waals surface area contributed by atoms with E-state index in [-0.39, 0.29) is 6.03 Å². The zero-order valence-corrected chi connectivity index (χ0v) is 13.2. The SMILES string of the molecule is CN(CC#CC[N+](C)(C)C)C(=O)Nc1cccc(Cl)c1. The van der Waals surface area contributed by atoms with Gasteiger partial charge in [0.05, 0.1) is 27.7 Å². The van der Waals surface area contributed by atoms with Crippen LogP contribution in [0.25, 0.3) is 0 Å². The van der Waals surface area contributed by atoms with Gasteiger partial charge in [-0.1, -0.05) is 23.6 Å². The Hall–Kier alpha value is -1.70. The van der Waals surface area contributed by atoms with E-state index in [1.165, 1.54) is 4.90 Å². The van der Waals surface area contributed by atoms with Gasteiger partial charge in [0.2, 0.25) is 0 Å². The largest absolute Gasteiger partial charge is 0.322 e. The Bertz CT molecular complexity index is 526. The van der Waals surface area contributed by atoms with Crippen LogP contribution in [0.5, 0.6) is 0 Å². The predicted octanol–water partition coefficient (Wildman–Crippen LogP) is 2.51. The molecule has 5 heteroatoms. The molecule has 0 radical (unpaired) electrons. The summed E-state index contributed by atoms with van der Waals surface area (Å²) in [6.07, 6.45) is 0. The molecule has 0 saturated heterocycles. The van der Waals surface area contributed by atoms with Crippen LogP contribution in [0.1, 0.15) is 0 Å². The van der Waals surface area contributed by atoms with Crippen molar-refractivity contribution in [3.63, 3.8) is 0 Å². The normalized spacial score (nSPS) is 10.4. The molecular weight excluding hydrogens is 274 g/mol. The molecular formula is C15H21ClN3O+. The van der Waals surface area contributed by atoms with Crippen LogP contribution in [0.15, 0.2) is 24.3 Å². The van der Waals surface area contributed by atoms with Crippen molar-refractivity contribution in [1.29, 1.82) is 0 Å². The monoisotopic (exact) mass is 294 g/mol. The Morgan fingerprint density at radius 2 is 2.05 bits per heavy atom. The highest BCUT2D eigenvalue weighted by Crippen LogP contribution is 2.15. The summed E-state index contributed by atoms with van der Waals surface area (Å²) in [5.74, 6) is 6.06. The first-order chi connectivity index (χ1) is 9.28. The molecule has 0 atom stereocenters. The van der Waals surface area contributed by atoms with E-state index in [2.05, 4.69) is 38.3 Å². The molecule has 1 aromatic carbocycles. The molecule has 1 aromatic rings. The average Bonchev–Trinajstić information content (AvgIpc) is 2.33. The minimum Gasteiger partial charge on any atom is -0.321 e. The van der Waals surface area contributed by atoms with Crippen LogP contribution in [-0.4, -0.2) is 56.7 Å². The number of halogens is 1. The molecule has 0 aliphatic rings. The van der Waals surface area contributed by atoms with Gasteiger partial charge in [0.1, 0.15) is 6.54 Å². The van der Waals surface area contributed by atoms with E-state index in [1.54, 1.807) is 31.3 Å². The molecule has 0 fully saturated rings. The van der Waals surface area contributed by atoms with Gasteiger partial charge >= 0.3 is 6.03 Å². The van der Waals surface area contributed by atoms with Gasteiger partial charge in [-0.25, -0.2) is 4.79 Å². The summed E-state index contributed by atoms with van der Waals surface area (Å²) >= 11 is 5.86. The fourth-order valence-corrected chi connectivity index (χ4v) is 1.51. The summed E-state index contributed by atoms with van der Waals surface area (Å²) in [6.45, 7) is 1.15. The molecule has 20 heavy (non-hydrogen) atoms. The predicted molar refractivity (Wildman–Crippen MR) is 83.8 cm³/mol. The molecule has 0 bridgehead atoms. The lowest BCUT2D eigenvalue weighted by atomic mass is 10.3. The van der Waals surface area contributed by atoms with Crippen LogP contribution in [0.3, 0.4) is 0 Å². The lowest BCUT2D eigenvalue weighted by Gasteiger charge is -2.20. The quantitative estimate of drug-likeness (QED) is 0.674. The Kier molecular flexibility index (Phi) is 5.87. The van der Waals surface area contributed by atoms with Crippen molar-refractivity contribution in [3.05, 3.63) is 29.3 Å². The molecule has 0 heterocycles. The smallest absolute Gasteiger partial charge is 0.321 e. The second kappa shape index (κ2) is 7.18. The number of carbonyl (C=O) groups excluding carboxylic acids is 1. The summed E-state index contributed by atoms with van der Waals surface area (Å²) in [6, 6.07) is 6.85. The first-order valence-corrected chi connectivity index (χ1v) is 6.69. The zero-order valence-electron chi connectivity index (χ0n) is 12.4. The molecule has 108 valence electrons. The van der Waals surface area contributed by atoms with E-state index in [1.807, 2.05) is 0 Å². The number of benzene rings is 1. The molecule has 1 rings (SSSR count). The molecule has 2 amide bonds. The standard InChI is InChI=1S/C15H20ClN3O/c1-18(10-5-6-11-19(2,3)4)15(20)17-14-9-7-8-13(16)12-14/h7-9,12H,10-11H2,1-4H3/p+1. The number of amides is 2. The summed E-state index contributed by atoms with van der Waals surface area (Å²) in [5, 5.41) is 3.36. The fourth-order valence-electron chi connectivity index (χ4n) is 1.32. The zero-order chi connectivity index (χ0) is 15.2. The lowest BCUT2D eigenvalue weighted by molar-refractivity contribution is -0.862. The van der Waals surface area contributed by atoms with Crippen molar-refractivity contribution in [1.82, 2.24) is 4.90 Å². The highest BCUT2D eigenvalue weighted by molar-refractivity contribution is 6.30. The first kappa shape index (κ1) is 16.4. The van der Waals surface area contributed by atoms with Crippen molar-refractivity contribution >= 4 is 23.3 Å². The number of urea groups is 1. The van der Waals surface area contributed by atoms with Crippen LogP contribution in [0.4, 0.5) is 10.5 Å². The van der Waals surface area contributed by atoms with Crippen molar-refractivity contribution in [2.75, 3.05) is 46.6 Å². The van der Waals surface area contributed by atoms with E-state index in [4.69, 9.17) is 11.6 Å². The van der Waals surface area contributed by atoms with Gasteiger partial charge in [-0.05, 0) is 24.1 Å². The van der Waals surface area contributed by atoms with Crippen molar-refractivity contribution in [2.45, 2.75) is 0 Å². The average molecular weight is 295 g/mol. The second-order valence-corrected chi connectivity index (χ2v) is 6.03. The minimum atomic E-state index is -0.202. The maximum atomic E-state index is 11.9. The molecule has 1 N–H and O–H groups in total. The first-order valence-electron chi connectivity index (χ1n) is 6.32. The van der Waals surface area contributed by atoms with Crippen molar-refractivity contribution < 1.29 is 9.28 Å². The summed E-state index contributed by atoms with van der Waals surface area (Å²) in [7, 11) is 7.93. The Balaban J connectivity index is 2.47. The molecule has 0 aliphatic heterocycles. The topological polar surface area (TPSA) is 32.3 Å². The van der Waals surface area contributed by atoms with Crippen LogP contribution in [0, 0.1) is 11.8 Å². The highest BCUT2D eigenvalue weighted by Gasteiger charge is 2.07.